The Labute approximate surface area is 102 Å². The fourth-order valence-corrected chi connectivity index (χ4v) is 1.48. The van der Waals surface area contributed by atoms with E-state index in [2.05, 4.69) is 5.32 Å². The largest absolute Gasteiger partial charge is 0.508 e. The zero-order valence-corrected chi connectivity index (χ0v) is 10.4. The van der Waals surface area contributed by atoms with Crippen molar-refractivity contribution in [2.75, 3.05) is 19.8 Å². The highest BCUT2D eigenvalue weighted by atomic mass is 16.5. The fourth-order valence-electron chi connectivity index (χ4n) is 1.48. The Morgan fingerprint density at radius 2 is 2.18 bits per heavy atom. The van der Waals surface area contributed by atoms with Crippen molar-refractivity contribution >= 4 is 0 Å². The molecule has 4 heteroatoms. The van der Waals surface area contributed by atoms with Crippen LogP contribution < -0.4 is 10.1 Å². The zero-order chi connectivity index (χ0) is 12.7. The van der Waals surface area contributed by atoms with Gasteiger partial charge >= 0.3 is 0 Å². The van der Waals surface area contributed by atoms with Gasteiger partial charge in [-0.1, -0.05) is 6.92 Å². The van der Waals surface area contributed by atoms with E-state index in [-0.39, 0.29) is 18.3 Å². The minimum absolute atomic E-state index is 0.165. The number of phenols is 1. The molecular formula is C13H21NO3. The highest BCUT2D eigenvalue weighted by molar-refractivity contribution is 5.39. The van der Waals surface area contributed by atoms with Crippen molar-refractivity contribution in [3.8, 4) is 11.5 Å². The number of phenolic OH excluding ortho intramolecular Hbond substituents is 1. The highest BCUT2D eigenvalue weighted by Crippen LogP contribution is 2.22. The molecule has 4 nitrogen and oxygen atoms in total. The summed E-state index contributed by atoms with van der Waals surface area (Å²) in [5.74, 6) is 1.24. The molecule has 1 aromatic carbocycles. The molecule has 3 N–H and O–H groups in total. The van der Waals surface area contributed by atoms with E-state index in [1.165, 1.54) is 0 Å². The Balaban J connectivity index is 2.54. The van der Waals surface area contributed by atoms with E-state index in [1.54, 1.807) is 12.1 Å². The third-order valence-corrected chi connectivity index (χ3v) is 2.48. The van der Waals surface area contributed by atoms with E-state index in [0.717, 1.165) is 17.9 Å². The molecule has 0 radical (unpaired) electrons. The summed E-state index contributed by atoms with van der Waals surface area (Å²) in [5.41, 5.74) is 0.807. The number of rotatable bonds is 7. The van der Waals surface area contributed by atoms with Gasteiger partial charge in [-0.15, -0.1) is 0 Å². The molecule has 0 saturated carbocycles. The second kappa shape index (κ2) is 7.14. The maximum absolute atomic E-state index is 9.68. The number of nitrogens with one attached hydrogen (secondary N) is 1. The summed E-state index contributed by atoms with van der Waals surface area (Å²) in [4.78, 5) is 0. The van der Waals surface area contributed by atoms with Crippen molar-refractivity contribution in [3.05, 3.63) is 23.8 Å². The summed E-state index contributed by atoms with van der Waals surface area (Å²) < 4.78 is 5.37. The molecule has 1 atom stereocenters. The normalized spacial score (nSPS) is 12.4. The molecule has 0 bridgehead atoms. The highest BCUT2D eigenvalue weighted by Gasteiger charge is 2.04. The third kappa shape index (κ3) is 4.63. The van der Waals surface area contributed by atoms with Gasteiger partial charge in [-0.2, -0.15) is 0 Å². The lowest BCUT2D eigenvalue weighted by atomic mass is 10.1. The lowest BCUT2D eigenvalue weighted by molar-refractivity contribution is 0.233. The van der Waals surface area contributed by atoms with Crippen LogP contribution in [0.3, 0.4) is 0 Å². The Kier molecular flexibility index (Phi) is 5.80. The Morgan fingerprint density at radius 3 is 2.82 bits per heavy atom. The summed E-state index contributed by atoms with van der Waals surface area (Å²) in [7, 11) is 0. The number of benzene rings is 1. The van der Waals surface area contributed by atoms with E-state index in [4.69, 9.17) is 9.84 Å². The van der Waals surface area contributed by atoms with Crippen LogP contribution in [0.25, 0.3) is 0 Å². The predicted molar refractivity (Wildman–Crippen MR) is 67.2 cm³/mol. The smallest absolute Gasteiger partial charge is 0.120 e. The predicted octanol–water partition coefficient (Wildman–Crippen LogP) is 1.51. The van der Waals surface area contributed by atoms with E-state index < -0.39 is 0 Å². The molecule has 1 unspecified atom stereocenters. The number of hydrogen-bond acceptors (Lipinski definition) is 4. The molecule has 0 saturated heterocycles. The van der Waals surface area contributed by atoms with Crippen LogP contribution in [0.1, 0.15) is 19.4 Å². The zero-order valence-electron chi connectivity index (χ0n) is 10.4. The minimum atomic E-state index is 0.165. The van der Waals surface area contributed by atoms with Crippen molar-refractivity contribution in [2.24, 2.45) is 5.92 Å². The number of aliphatic hydroxyl groups excluding tert-OH is 1. The molecule has 0 aliphatic carbocycles. The Bertz CT molecular complexity index is 341. The number of aromatic hydroxyl groups is 1. The van der Waals surface area contributed by atoms with Gasteiger partial charge in [0.05, 0.1) is 6.61 Å². The van der Waals surface area contributed by atoms with Gasteiger partial charge in [0, 0.05) is 25.3 Å². The molecule has 17 heavy (non-hydrogen) atoms. The first kappa shape index (κ1) is 13.8. The van der Waals surface area contributed by atoms with Crippen LogP contribution in [-0.2, 0) is 6.54 Å². The van der Waals surface area contributed by atoms with Gasteiger partial charge in [-0.25, -0.2) is 0 Å². The molecule has 0 spiro atoms. The first-order chi connectivity index (χ1) is 8.17. The van der Waals surface area contributed by atoms with E-state index >= 15 is 0 Å². The minimum Gasteiger partial charge on any atom is -0.508 e. The average molecular weight is 239 g/mol. The van der Waals surface area contributed by atoms with Gasteiger partial charge < -0.3 is 20.3 Å². The number of aliphatic hydroxyl groups is 1. The van der Waals surface area contributed by atoms with Crippen LogP contribution in [0.4, 0.5) is 0 Å². The third-order valence-electron chi connectivity index (χ3n) is 2.48. The van der Waals surface area contributed by atoms with Gasteiger partial charge in [-0.05, 0) is 31.0 Å². The van der Waals surface area contributed by atoms with Gasteiger partial charge in [0.1, 0.15) is 11.5 Å². The fraction of sp³-hybridized carbons (Fsp3) is 0.538. The monoisotopic (exact) mass is 239 g/mol. The Morgan fingerprint density at radius 1 is 1.41 bits per heavy atom. The molecular weight excluding hydrogens is 218 g/mol. The maximum atomic E-state index is 9.68. The van der Waals surface area contributed by atoms with E-state index in [0.29, 0.717) is 13.2 Å². The molecule has 0 aromatic heterocycles. The van der Waals surface area contributed by atoms with Crippen LogP contribution >= 0.6 is 0 Å². The molecule has 96 valence electrons. The molecule has 1 aromatic rings. The lowest BCUT2D eigenvalue weighted by Crippen LogP contribution is -2.22. The van der Waals surface area contributed by atoms with Crippen molar-refractivity contribution < 1.29 is 14.9 Å². The van der Waals surface area contributed by atoms with Gasteiger partial charge in [0.15, 0.2) is 0 Å². The summed E-state index contributed by atoms with van der Waals surface area (Å²) in [6, 6.07) is 5.21. The maximum Gasteiger partial charge on any atom is 0.120 e. The van der Waals surface area contributed by atoms with Crippen LogP contribution in [0, 0.1) is 5.92 Å². The van der Waals surface area contributed by atoms with Crippen LogP contribution in [0.5, 0.6) is 11.5 Å². The van der Waals surface area contributed by atoms with Crippen LogP contribution in [0.15, 0.2) is 18.2 Å². The van der Waals surface area contributed by atoms with Crippen LogP contribution in [-0.4, -0.2) is 30.0 Å². The van der Waals surface area contributed by atoms with Gasteiger partial charge in [-0.3, -0.25) is 0 Å². The summed E-state index contributed by atoms with van der Waals surface area (Å²) in [5, 5.41) is 21.8. The Hall–Kier alpha value is -1.26. The molecule has 0 heterocycles. The van der Waals surface area contributed by atoms with Gasteiger partial charge in [0.25, 0.3) is 0 Å². The first-order valence-electron chi connectivity index (χ1n) is 5.93. The average Bonchev–Trinajstić information content (AvgIpc) is 2.33. The van der Waals surface area contributed by atoms with Crippen LogP contribution in [0.2, 0.25) is 0 Å². The van der Waals surface area contributed by atoms with Crippen molar-refractivity contribution in [1.29, 1.82) is 0 Å². The number of hydrogen-bond donors (Lipinski definition) is 3. The van der Waals surface area contributed by atoms with Gasteiger partial charge in [0.2, 0.25) is 0 Å². The molecule has 0 fully saturated rings. The number of ether oxygens (including phenoxy) is 1. The summed E-state index contributed by atoms with van der Waals surface area (Å²) in [6.07, 6.45) is 0. The molecule has 0 aliphatic heterocycles. The van der Waals surface area contributed by atoms with Crippen molar-refractivity contribution in [3.63, 3.8) is 0 Å². The quantitative estimate of drug-likeness (QED) is 0.675. The van der Waals surface area contributed by atoms with E-state index in [9.17, 15) is 5.11 Å². The lowest BCUT2D eigenvalue weighted by Gasteiger charge is -2.11. The van der Waals surface area contributed by atoms with Crippen molar-refractivity contribution in [1.82, 2.24) is 5.32 Å². The first-order valence-corrected chi connectivity index (χ1v) is 5.93. The summed E-state index contributed by atoms with van der Waals surface area (Å²) >= 11 is 0. The molecule has 1 rings (SSSR count). The molecule has 0 aliphatic rings. The van der Waals surface area contributed by atoms with Crippen molar-refractivity contribution in [2.45, 2.75) is 20.4 Å². The standard InChI is InChI=1S/C13H21NO3/c1-3-17-12-4-5-13(16)11(6-12)8-14-7-10(2)9-15/h4-6,10,14-16H,3,7-9H2,1-2H3. The second-order valence-electron chi connectivity index (χ2n) is 4.14. The summed E-state index contributed by atoms with van der Waals surface area (Å²) in [6.45, 7) is 5.94. The SMILES string of the molecule is CCOc1ccc(O)c(CNCC(C)CO)c1. The topological polar surface area (TPSA) is 61.7 Å². The van der Waals surface area contributed by atoms with E-state index in [1.807, 2.05) is 19.9 Å². The second-order valence-corrected chi connectivity index (χ2v) is 4.14. The molecule has 0 amide bonds.